The molecule has 21 heavy (non-hydrogen) atoms. The molecule has 4 heteroatoms. The number of carbonyl (C=O) groups is 1. The van der Waals surface area contributed by atoms with E-state index in [9.17, 15) is 4.79 Å². The number of halogens is 1. The molecule has 2 rings (SSSR count). The Balaban J connectivity index is 1.83. The van der Waals surface area contributed by atoms with Gasteiger partial charge in [-0.25, -0.2) is 0 Å². The number of benzene rings is 1. The third-order valence-electron chi connectivity index (χ3n) is 4.22. The molecule has 0 bridgehead atoms. The van der Waals surface area contributed by atoms with Gasteiger partial charge >= 0.3 is 0 Å². The van der Waals surface area contributed by atoms with Gasteiger partial charge < -0.3 is 10.2 Å². The fourth-order valence-electron chi connectivity index (χ4n) is 2.89. The molecule has 0 unspecified atom stereocenters. The molecule has 116 valence electrons. The lowest BCUT2D eigenvalue weighted by molar-refractivity contribution is -0.132. The fraction of sp³-hybridized carbons (Fsp3) is 0.588. The molecule has 1 aliphatic rings. The first-order valence-corrected chi connectivity index (χ1v) is 8.29. The van der Waals surface area contributed by atoms with Crippen molar-refractivity contribution in [3.8, 4) is 0 Å². The van der Waals surface area contributed by atoms with Crippen molar-refractivity contribution in [3.05, 3.63) is 34.9 Å². The maximum atomic E-state index is 12.4. The van der Waals surface area contributed by atoms with E-state index in [1.54, 1.807) is 0 Å². The van der Waals surface area contributed by atoms with Crippen molar-refractivity contribution in [1.82, 2.24) is 10.2 Å². The van der Waals surface area contributed by atoms with Gasteiger partial charge in [-0.15, -0.1) is 0 Å². The Hall–Kier alpha value is -1.06. The van der Waals surface area contributed by atoms with Crippen molar-refractivity contribution in [3.63, 3.8) is 0 Å². The number of piperidine rings is 1. The Bertz CT molecular complexity index is 458. The summed E-state index contributed by atoms with van der Waals surface area (Å²) >= 11 is 6.00. The number of hydrogen-bond acceptors (Lipinski definition) is 2. The normalized spacial score (nSPS) is 15.9. The van der Waals surface area contributed by atoms with E-state index in [2.05, 4.69) is 5.32 Å². The molecule has 0 aliphatic carbocycles. The van der Waals surface area contributed by atoms with E-state index in [0.29, 0.717) is 18.9 Å². The second-order valence-corrected chi connectivity index (χ2v) is 6.21. The van der Waals surface area contributed by atoms with Crippen molar-refractivity contribution < 1.29 is 4.79 Å². The summed E-state index contributed by atoms with van der Waals surface area (Å²) in [4.78, 5) is 14.3. The Morgan fingerprint density at radius 1 is 1.38 bits per heavy atom. The lowest BCUT2D eigenvalue weighted by Crippen LogP contribution is -2.32. The van der Waals surface area contributed by atoms with Gasteiger partial charge in [0.25, 0.3) is 0 Å². The predicted octanol–water partition coefficient (Wildman–Crippen LogP) is 3.47. The minimum absolute atomic E-state index is 0.260. The molecule has 3 nitrogen and oxygen atoms in total. The van der Waals surface area contributed by atoms with Crippen LogP contribution in [0.5, 0.6) is 0 Å². The van der Waals surface area contributed by atoms with Gasteiger partial charge in [0, 0.05) is 24.5 Å². The van der Waals surface area contributed by atoms with Crippen LogP contribution in [0.1, 0.15) is 38.2 Å². The van der Waals surface area contributed by atoms with Gasteiger partial charge in [-0.1, -0.05) is 23.7 Å². The average molecular weight is 309 g/mol. The molecule has 0 aromatic heterocycles. The van der Waals surface area contributed by atoms with E-state index in [4.69, 9.17) is 11.6 Å². The van der Waals surface area contributed by atoms with Gasteiger partial charge in [0.2, 0.25) is 5.91 Å². The summed E-state index contributed by atoms with van der Waals surface area (Å²) in [5, 5.41) is 4.09. The number of hydrogen-bond donors (Lipinski definition) is 1. The van der Waals surface area contributed by atoms with E-state index < -0.39 is 0 Å². The summed E-state index contributed by atoms with van der Waals surface area (Å²) in [7, 11) is 0. The molecule has 0 saturated carbocycles. The quantitative estimate of drug-likeness (QED) is 0.873. The van der Waals surface area contributed by atoms with E-state index >= 15 is 0 Å². The van der Waals surface area contributed by atoms with E-state index in [0.717, 1.165) is 36.6 Å². The predicted molar refractivity (Wildman–Crippen MR) is 87.4 cm³/mol. The van der Waals surface area contributed by atoms with Gasteiger partial charge in [-0.2, -0.15) is 0 Å². The number of rotatable bonds is 6. The third kappa shape index (κ3) is 5.33. The molecular formula is C17H25ClN2O. The second-order valence-electron chi connectivity index (χ2n) is 5.77. The number of nitrogens with one attached hydrogen (secondary N) is 1. The largest absolute Gasteiger partial charge is 0.339 e. The smallest absolute Gasteiger partial charge is 0.222 e. The maximum absolute atomic E-state index is 12.4. The van der Waals surface area contributed by atoms with Gasteiger partial charge in [0.15, 0.2) is 0 Å². The first-order chi connectivity index (χ1) is 10.2. The highest BCUT2D eigenvalue weighted by atomic mass is 35.5. The standard InChI is InChI=1S/C17H25ClN2O/c1-2-20(13-15-4-3-5-16(18)12-15)17(21)7-6-14-8-10-19-11-9-14/h3-5,12,14,19H,2,6-11,13H2,1H3. The second kappa shape index (κ2) is 8.40. The van der Waals surface area contributed by atoms with Crippen LogP contribution in [0.25, 0.3) is 0 Å². The molecule has 1 aliphatic heterocycles. The Labute approximate surface area is 132 Å². The summed E-state index contributed by atoms with van der Waals surface area (Å²) < 4.78 is 0. The van der Waals surface area contributed by atoms with Crippen LogP contribution >= 0.6 is 11.6 Å². The van der Waals surface area contributed by atoms with Crippen molar-refractivity contribution >= 4 is 17.5 Å². The highest BCUT2D eigenvalue weighted by molar-refractivity contribution is 6.30. The van der Waals surface area contributed by atoms with Gasteiger partial charge in [-0.3, -0.25) is 4.79 Å². The van der Waals surface area contributed by atoms with Crippen molar-refractivity contribution in [2.24, 2.45) is 5.92 Å². The van der Waals surface area contributed by atoms with E-state index in [1.807, 2.05) is 36.1 Å². The lowest BCUT2D eigenvalue weighted by atomic mass is 9.93. The molecule has 0 spiro atoms. The lowest BCUT2D eigenvalue weighted by Gasteiger charge is -2.25. The van der Waals surface area contributed by atoms with Crippen LogP contribution in [-0.2, 0) is 11.3 Å². The fourth-order valence-corrected chi connectivity index (χ4v) is 3.10. The summed E-state index contributed by atoms with van der Waals surface area (Å²) in [6.45, 7) is 5.63. The number of carbonyl (C=O) groups excluding carboxylic acids is 1. The average Bonchev–Trinajstić information content (AvgIpc) is 2.51. The monoisotopic (exact) mass is 308 g/mol. The van der Waals surface area contributed by atoms with E-state index in [-0.39, 0.29) is 5.91 Å². The molecule has 0 atom stereocenters. The van der Waals surface area contributed by atoms with E-state index in [1.165, 1.54) is 12.8 Å². The van der Waals surface area contributed by atoms with Crippen molar-refractivity contribution in [2.75, 3.05) is 19.6 Å². The minimum atomic E-state index is 0.260. The molecule has 1 fully saturated rings. The summed E-state index contributed by atoms with van der Waals surface area (Å²) in [6.07, 6.45) is 4.09. The molecule has 1 saturated heterocycles. The first-order valence-electron chi connectivity index (χ1n) is 7.92. The molecule has 1 amide bonds. The minimum Gasteiger partial charge on any atom is -0.339 e. The molecule has 1 aromatic carbocycles. The highest BCUT2D eigenvalue weighted by Gasteiger charge is 2.17. The Morgan fingerprint density at radius 3 is 2.81 bits per heavy atom. The highest BCUT2D eigenvalue weighted by Crippen LogP contribution is 2.19. The van der Waals surface area contributed by atoms with Crippen LogP contribution in [0.2, 0.25) is 5.02 Å². The topological polar surface area (TPSA) is 32.3 Å². The summed E-state index contributed by atoms with van der Waals surface area (Å²) in [6, 6.07) is 7.75. The zero-order chi connectivity index (χ0) is 15.1. The zero-order valence-corrected chi connectivity index (χ0v) is 13.5. The molecule has 1 aromatic rings. The maximum Gasteiger partial charge on any atom is 0.222 e. The van der Waals surface area contributed by atoms with Gasteiger partial charge in [0.05, 0.1) is 0 Å². The molecular weight excluding hydrogens is 284 g/mol. The molecule has 1 heterocycles. The Morgan fingerprint density at radius 2 is 2.14 bits per heavy atom. The van der Waals surface area contributed by atoms with Crippen LogP contribution < -0.4 is 5.32 Å². The molecule has 1 N–H and O–H groups in total. The number of amides is 1. The van der Waals surface area contributed by atoms with Crippen LogP contribution in [0.15, 0.2) is 24.3 Å². The first kappa shape index (κ1) is 16.3. The van der Waals surface area contributed by atoms with Crippen LogP contribution in [0.3, 0.4) is 0 Å². The summed E-state index contributed by atoms with van der Waals surface area (Å²) in [5.41, 5.74) is 1.10. The molecule has 0 radical (unpaired) electrons. The van der Waals surface area contributed by atoms with Crippen LogP contribution in [0, 0.1) is 5.92 Å². The van der Waals surface area contributed by atoms with Crippen molar-refractivity contribution in [2.45, 2.75) is 39.2 Å². The SMILES string of the molecule is CCN(Cc1cccc(Cl)c1)C(=O)CCC1CCNCC1. The van der Waals surface area contributed by atoms with Crippen LogP contribution in [-0.4, -0.2) is 30.4 Å². The van der Waals surface area contributed by atoms with Gasteiger partial charge in [-0.05, 0) is 62.9 Å². The van der Waals surface area contributed by atoms with Gasteiger partial charge in [0.1, 0.15) is 0 Å². The third-order valence-corrected chi connectivity index (χ3v) is 4.46. The number of nitrogens with zero attached hydrogens (tertiary/aromatic N) is 1. The van der Waals surface area contributed by atoms with Crippen molar-refractivity contribution in [1.29, 1.82) is 0 Å². The van der Waals surface area contributed by atoms with Crippen LogP contribution in [0.4, 0.5) is 0 Å². The summed E-state index contributed by atoms with van der Waals surface area (Å²) in [5.74, 6) is 0.969. The Kier molecular flexibility index (Phi) is 6.52. The zero-order valence-electron chi connectivity index (χ0n) is 12.8.